The number of sulfone groups is 1. The zero-order valence-corrected chi connectivity index (χ0v) is 22.5. The van der Waals surface area contributed by atoms with Gasteiger partial charge in [0.25, 0.3) is 0 Å². The van der Waals surface area contributed by atoms with Gasteiger partial charge < -0.3 is 9.47 Å². The maximum absolute atomic E-state index is 14.5. The second-order valence-electron chi connectivity index (χ2n) is 9.43. The molecule has 10 heteroatoms. The first kappa shape index (κ1) is 25.0. The maximum Gasteiger partial charge on any atom is 0.241 e. The zero-order valence-electron chi connectivity index (χ0n) is 20.9. The van der Waals surface area contributed by atoms with Crippen LogP contribution >= 0.6 is 11.3 Å². The number of thiazole rings is 1. The van der Waals surface area contributed by atoms with Crippen molar-refractivity contribution in [1.29, 1.82) is 0 Å². The van der Waals surface area contributed by atoms with E-state index >= 15 is 0 Å². The average molecular weight is 550 g/mol. The summed E-state index contributed by atoms with van der Waals surface area (Å²) >= 11 is 1.33. The van der Waals surface area contributed by atoms with Crippen molar-refractivity contribution in [3.8, 4) is 11.5 Å². The molecule has 0 bridgehead atoms. The van der Waals surface area contributed by atoms with Crippen molar-refractivity contribution in [3.63, 3.8) is 0 Å². The first-order chi connectivity index (χ1) is 18.4. The van der Waals surface area contributed by atoms with Crippen LogP contribution in [-0.4, -0.2) is 69.9 Å². The lowest BCUT2D eigenvalue weighted by Crippen LogP contribution is -2.44. The number of ether oxygens (including phenoxy) is 2. The van der Waals surface area contributed by atoms with Crippen LogP contribution in [0.1, 0.15) is 17.0 Å². The van der Waals surface area contributed by atoms with E-state index in [0.29, 0.717) is 48.5 Å². The molecule has 8 nitrogen and oxygen atoms in total. The highest BCUT2D eigenvalue weighted by Gasteiger charge is 2.37. The molecular weight excluding hydrogens is 522 g/mol. The van der Waals surface area contributed by atoms with Gasteiger partial charge in [-0.1, -0.05) is 53.8 Å². The Labute approximate surface area is 225 Å². The van der Waals surface area contributed by atoms with Crippen LogP contribution in [0.3, 0.4) is 0 Å². The molecule has 38 heavy (non-hydrogen) atoms. The second kappa shape index (κ2) is 10.1. The molecule has 1 fully saturated rings. The summed E-state index contributed by atoms with van der Waals surface area (Å²) in [5.74, 6) is 0.603. The fourth-order valence-electron chi connectivity index (χ4n) is 5.02. The number of nitrogens with zero attached hydrogens (tertiary/aromatic N) is 3. The Morgan fingerprint density at radius 1 is 1.00 bits per heavy atom. The molecule has 2 aliphatic rings. The van der Waals surface area contributed by atoms with Crippen molar-refractivity contribution >= 4 is 42.4 Å². The molecule has 0 saturated carbocycles. The quantitative estimate of drug-likeness (QED) is 0.354. The minimum atomic E-state index is -3.49. The van der Waals surface area contributed by atoms with Crippen molar-refractivity contribution in [2.45, 2.75) is 10.8 Å². The fourth-order valence-corrected chi connectivity index (χ4v) is 6.95. The monoisotopic (exact) mass is 549 g/mol. The molecule has 0 radical (unpaired) electrons. The van der Waals surface area contributed by atoms with Crippen molar-refractivity contribution in [2.75, 3.05) is 50.5 Å². The molecule has 3 aromatic carbocycles. The topological polar surface area (TPSA) is 89.0 Å². The molecule has 1 aromatic heterocycles. The van der Waals surface area contributed by atoms with Crippen molar-refractivity contribution in [3.05, 3.63) is 77.9 Å². The van der Waals surface area contributed by atoms with Crippen LogP contribution in [0, 0.1) is 0 Å². The van der Waals surface area contributed by atoms with Gasteiger partial charge in [-0.05, 0) is 24.3 Å². The van der Waals surface area contributed by atoms with Gasteiger partial charge in [0.2, 0.25) is 5.91 Å². The molecule has 0 unspecified atom stereocenters. The number of hydrogen-bond acceptors (Lipinski definition) is 8. The summed E-state index contributed by atoms with van der Waals surface area (Å²) in [5, 5.41) is 0.482. The van der Waals surface area contributed by atoms with E-state index in [2.05, 4.69) is 4.90 Å². The minimum absolute atomic E-state index is 0.124. The highest BCUT2D eigenvalue weighted by atomic mass is 32.2. The van der Waals surface area contributed by atoms with Crippen molar-refractivity contribution in [2.24, 2.45) is 0 Å². The molecule has 1 saturated heterocycles. The molecular formula is C28H27N3O5S2. The third kappa shape index (κ3) is 4.69. The largest absolute Gasteiger partial charge is 0.457 e. The van der Waals surface area contributed by atoms with Crippen LogP contribution in [0.2, 0.25) is 0 Å². The van der Waals surface area contributed by atoms with Crippen molar-refractivity contribution < 1.29 is 22.7 Å². The van der Waals surface area contributed by atoms with Gasteiger partial charge in [0.05, 0.1) is 28.7 Å². The number of hydrogen-bond donors (Lipinski definition) is 0. The fraction of sp³-hybridized carbons (Fsp3) is 0.286. The summed E-state index contributed by atoms with van der Waals surface area (Å²) in [6, 6.07) is 20.3. The van der Waals surface area contributed by atoms with E-state index in [4.69, 9.17) is 14.5 Å². The molecule has 0 atom stereocenters. The summed E-state index contributed by atoms with van der Waals surface area (Å²) < 4.78 is 37.3. The Balaban J connectivity index is 1.45. The Kier molecular flexibility index (Phi) is 6.65. The first-order valence-corrected chi connectivity index (χ1v) is 15.2. The predicted octanol–water partition coefficient (Wildman–Crippen LogP) is 4.30. The number of anilines is 1. The number of rotatable bonds is 6. The molecule has 0 aliphatic carbocycles. The van der Waals surface area contributed by atoms with Crippen LogP contribution in [-0.2, 0) is 19.4 Å². The summed E-state index contributed by atoms with van der Waals surface area (Å²) in [6.07, 6.45) is 1.18. The molecule has 1 amide bonds. The van der Waals surface area contributed by atoms with Gasteiger partial charge in [-0.25, -0.2) is 13.4 Å². The van der Waals surface area contributed by atoms with Gasteiger partial charge in [-0.2, -0.15) is 0 Å². The Bertz CT molecular complexity index is 1570. The molecule has 0 spiro atoms. The predicted molar refractivity (Wildman–Crippen MR) is 147 cm³/mol. The van der Waals surface area contributed by atoms with Crippen LogP contribution in [0.25, 0.3) is 10.2 Å². The Morgan fingerprint density at radius 2 is 1.66 bits per heavy atom. The van der Waals surface area contributed by atoms with Crippen LogP contribution in [0.4, 0.5) is 5.13 Å². The zero-order chi connectivity index (χ0) is 26.3. The third-order valence-corrected chi connectivity index (χ3v) is 9.11. The van der Waals surface area contributed by atoms with Crippen LogP contribution < -0.4 is 9.64 Å². The number of carbonyl (C=O) groups is 1. The number of aromatic nitrogens is 1. The van der Waals surface area contributed by atoms with Gasteiger partial charge in [0.1, 0.15) is 17.0 Å². The van der Waals surface area contributed by atoms with Crippen LogP contribution in [0.5, 0.6) is 11.5 Å². The summed E-state index contributed by atoms with van der Waals surface area (Å²) in [7, 11) is -3.49. The van der Waals surface area contributed by atoms with Crippen molar-refractivity contribution in [1.82, 2.24) is 9.88 Å². The summed E-state index contributed by atoms with van der Waals surface area (Å²) in [4.78, 5) is 23.4. The SMILES string of the molecule is CS(=O)(=O)c1cccc2sc(N(CCN3CCOCC3)C(=O)C3c4ccccc4Oc4ccccc43)nc12. The van der Waals surface area contributed by atoms with Gasteiger partial charge in [0.15, 0.2) is 15.0 Å². The van der Waals surface area contributed by atoms with Gasteiger partial charge in [-0.3, -0.25) is 14.6 Å². The Hall–Kier alpha value is -3.31. The second-order valence-corrected chi connectivity index (χ2v) is 12.4. The van der Waals surface area contributed by atoms with E-state index in [1.54, 1.807) is 17.0 Å². The lowest BCUT2D eigenvalue weighted by molar-refractivity contribution is -0.119. The minimum Gasteiger partial charge on any atom is -0.457 e. The van der Waals surface area contributed by atoms with E-state index in [0.717, 1.165) is 28.9 Å². The molecule has 0 N–H and O–H groups in total. The van der Waals surface area contributed by atoms with Gasteiger partial charge in [-0.15, -0.1) is 0 Å². The summed E-state index contributed by atoms with van der Waals surface area (Å²) in [6.45, 7) is 3.97. The van der Waals surface area contributed by atoms with E-state index in [1.807, 2.05) is 54.6 Å². The smallest absolute Gasteiger partial charge is 0.241 e. The lowest BCUT2D eigenvalue weighted by Gasteiger charge is -2.33. The lowest BCUT2D eigenvalue weighted by atomic mass is 9.87. The van der Waals surface area contributed by atoms with E-state index in [-0.39, 0.29) is 10.8 Å². The normalized spacial score (nSPS) is 16.0. The highest BCUT2D eigenvalue weighted by molar-refractivity contribution is 7.91. The highest BCUT2D eigenvalue weighted by Crippen LogP contribution is 2.45. The molecule has 196 valence electrons. The van der Waals surface area contributed by atoms with Gasteiger partial charge in [0, 0.05) is 43.6 Å². The maximum atomic E-state index is 14.5. The number of carbonyl (C=O) groups excluding carboxylic acids is 1. The van der Waals surface area contributed by atoms with E-state index in [9.17, 15) is 13.2 Å². The molecule has 3 heterocycles. The number of morpholine rings is 1. The number of para-hydroxylation sites is 3. The van der Waals surface area contributed by atoms with E-state index < -0.39 is 15.8 Å². The molecule has 6 rings (SSSR count). The van der Waals surface area contributed by atoms with E-state index in [1.165, 1.54) is 17.6 Å². The summed E-state index contributed by atoms with van der Waals surface area (Å²) in [5.41, 5.74) is 1.99. The molecule has 4 aromatic rings. The Morgan fingerprint density at radius 3 is 2.32 bits per heavy atom. The molecule has 2 aliphatic heterocycles. The average Bonchev–Trinajstić information content (AvgIpc) is 3.35. The van der Waals surface area contributed by atoms with Gasteiger partial charge >= 0.3 is 0 Å². The number of fused-ring (bicyclic) bond motifs is 3. The number of benzene rings is 3. The standard InChI is InChI=1S/C28H27N3O5S2/c1-38(33,34)24-12-6-11-23-26(24)29-28(37-23)31(14-13-30-15-17-35-18-16-30)27(32)25-19-7-2-4-9-21(19)36-22-10-5-3-8-20(22)25/h2-12,25H,13-18H2,1H3. The number of amides is 1. The third-order valence-electron chi connectivity index (χ3n) is 6.94. The first-order valence-electron chi connectivity index (χ1n) is 12.5. The van der Waals surface area contributed by atoms with Crippen LogP contribution in [0.15, 0.2) is 71.6 Å².